The molecule has 0 spiro atoms. The van der Waals surface area contributed by atoms with E-state index in [-0.39, 0.29) is 5.41 Å². The molecule has 0 N–H and O–H groups in total. The molecule has 3 aromatic carbocycles. The predicted octanol–water partition coefficient (Wildman–Crippen LogP) is 8.03. The second-order valence-electron chi connectivity index (χ2n) is 7.53. The van der Waals surface area contributed by atoms with Crippen molar-refractivity contribution in [2.24, 2.45) is 5.41 Å². The summed E-state index contributed by atoms with van der Waals surface area (Å²) in [6, 6.07) is 32.0. The van der Waals surface area contributed by atoms with Gasteiger partial charge in [-0.25, -0.2) is 0 Å². The van der Waals surface area contributed by atoms with Crippen molar-refractivity contribution >= 4 is 28.4 Å². The highest BCUT2D eigenvalue weighted by Crippen LogP contribution is 2.41. The maximum absolute atomic E-state index is 2.45. The number of thioether (sulfide) groups is 2. The molecule has 0 radical (unpaired) electrons. The molecular weight excluding hydrogens is 364 g/mol. The van der Waals surface area contributed by atoms with Crippen LogP contribution in [0.4, 0.5) is 0 Å². The second-order valence-corrected chi connectivity index (χ2v) is 9.86. The molecule has 0 aromatic heterocycles. The van der Waals surface area contributed by atoms with Crippen LogP contribution in [0.1, 0.15) is 26.3 Å². The van der Waals surface area contributed by atoms with Gasteiger partial charge in [-0.05, 0) is 35.2 Å². The van der Waals surface area contributed by atoms with Crippen LogP contribution in [0.3, 0.4) is 0 Å². The van der Waals surface area contributed by atoms with Crippen LogP contribution in [0.5, 0.6) is 0 Å². The van der Waals surface area contributed by atoms with Crippen LogP contribution in [0.15, 0.2) is 107 Å². The van der Waals surface area contributed by atoms with Crippen LogP contribution in [0.2, 0.25) is 0 Å². The van der Waals surface area contributed by atoms with Crippen LogP contribution in [0, 0.1) is 5.41 Å². The molecule has 3 rings (SSSR count). The molecule has 0 fully saturated rings. The fourth-order valence-electron chi connectivity index (χ4n) is 2.65. The van der Waals surface area contributed by atoms with Crippen LogP contribution in [0.25, 0.3) is 4.91 Å². The number of rotatable bonds is 6. The Morgan fingerprint density at radius 3 is 1.70 bits per heavy atom. The fourth-order valence-corrected chi connectivity index (χ4v) is 4.91. The largest absolute Gasteiger partial charge is 0.118 e. The van der Waals surface area contributed by atoms with Gasteiger partial charge in [-0.3, -0.25) is 0 Å². The van der Waals surface area contributed by atoms with E-state index in [9.17, 15) is 0 Å². The van der Waals surface area contributed by atoms with E-state index in [2.05, 4.69) is 118 Å². The van der Waals surface area contributed by atoms with Gasteiger partial charge in [0.2, 0.25) is 0 Å². The quantitative estimate of drug-likeness (QED) is 0.391. The molecule has 0 nitrogen and oxygen atoms in total. The lowest BCUT2D eigenvalue weighted by Crippen LogP contribution is -2.21. The van der Waals surface area contributed by atoms with Gasteiger partial charge in [0.25, 0.3) is 0 Å². The Morgan fingerprint density at radius 2 is 1.19 bits per heavy atom. The highest BCUT2D eigenvalue weighted by molar-refractivity contribution is 8.08. The molecule has 0 saturated carbocycles. The van der Waals surface area contributed by atoms with E-state index < -0.39 is 0 Å². The van der Waals surface area contributed by atoms with Crippen LogP contribution < -0.4 is 0 Å². The minimum absolute atomic E-state index is 0.151. The fraction of sp³-hybridized carbons (Fsp3) is 0.200. The van der Waals surface area contributed by atoms with Crippen molar-refractivity contribution < 1.29 is 0 Å². The lowest BCUT2D eigenvalue weighted by atomic mass is 9.91. The summed E-state index contributed by atoms with van der Waals surface area (Å²) in [6.07, 6.45) is 2.45. The highest BCUT2D eigenvalue weighted by Gasteiger charge is 2.25. The Hall–Kier alpha value is -1.90. The molecule has 1 atom stereocenters. The number of hydrogen-bond donors (Lipinski definition) is 0. The zero-order valence-electron chi connectivity index (χ0n) is 16.1. The van der Waals surface area contributed by atoms with E-state index in [4.69, 9.17) is 0 Å². The maximum Gasteiger partial charge on any atom is 0.0336 e. The van der Waals surface area contributed by atoms with Gasteiger partial charge >= 0.3 is 0 Å². The van der Waals surface area contributed by atoms with E-state index in [1.807, 2.05) is 23.5 Å². The summed E-state index contributed by atoms with van der Waals surface area (Å²) >= 11 is 3.78. The smallest absolute Gasteiger partial charge is 0.0336 e. The van der Waals surface area contributed by atoms with E-state index in [0.717, 1.165) is 0 Å². The Labute approximate surface area is 172 Å². The van der Waals surface area contributed by atoms with Crippen LogP contribution in [-0.2, 0) is 0 Å². The third-order valence-corrected chi connectivity index (χ3v) is 6.93. The van der Waals surface area contributed by atoms with Crippen molar-refractivity contribution in [3.05, 3.63) is 103 Å². The minimum Gasteiger partial charge on any atom is -0.118 e. The first-order valence-electron chi connectivity index (χ1n) is 9.24. The summed E-state index contributed by atoms with van der Waals surface area (Å²) in [5.74, 6) is 0. The second kappa shape index (κ2) is 9.34. The summed E-state index contributed by atoms with van der Waals surface area (Å²) in [5.41, 5.74) is 1.42. The van der Waals surface area contributed by atoms with Crippen molar-refractivity contribution in [2.45, 2.75) is 35.8 Å². The summed E-state index contributed by atoms with van der Waals surface area (Å²) < 4.78 is 0. The molecule has 0 saturated heterocycles. The monoisotopic (exact) mass is 390 g/mol. The SMILES string of the molecule is CC(C)(C)C(/C=C(/Sc1ccccc1)c1ccccc1)Sc1ccccc1. The van der Waals surface area contributed by atoms with Gasteiger partial charge in [0.15, 0.2) is 0 Å². The van der Waals surface area contributed by atoms with Crippen molar-refractivity contribution in [2.75, 3.05) is 0 Å². The van der Waals surface area contributed by atoms with Gasteiger partial charge in [0, 0.05) is 19.9 Å². The summed E-state index contributed by atoms with van der Waals surface area (Å²) in [7, 11) is 0. The summed E-state index contributed by atoms with van der Waals surface area (Å²) in [5, 5.41) is 0.367. The highest BCUT2D eigenvalue weighted by atomic mass is 32.2. The van der Waals surface area contributed by atoms with Crippen molar-refractivity contribution in [1.82, 2.24) is 0 Å². The molecule has 0 heterocycles. The first kappa shape index (κ1) is 19.9. The van der Waals surface area contributed by atoms with Gasteiger partial charge in [0.05, 0.1) is 0 Å². The van der Waals surface area contributed by atoms with E-state index in [1.54, 1.807) is 0 Å². The zero-order chi connectivity index (χ0) is 19.1. The molecule has 0 amide bonds. The molecule has 0 bridgehead atoms. The molecule has 3 aromatic rings. The van der Waals surface area contributed by atoms with E-state index in [1.165, 1.54) is 20.3 Å². The third kappa shape index (κ3) is 6.05. The Morgan fingerprint density at radius 1 is 0.704 bits per heavy atom. The van der Waals surface area contributed by atoms with Gasteiger partial charge in [-0.2, -0.15) is 0 Å². The summed E-state index contributed by atoms with van der Waals surface area (Å²) in [6.45, 7) is 6.96. The number of hydrogen-bond acceptors (Lipinski definition) is 2. The van der Waals surface area contributed by atoms with Gasteiger partial charge in [-0.15, -0.1) is 11.8 Å². The first-order valence-corrected chi connectivity index (χ1v) is 10.9. The Bertz CT molecular complexity index is 847. The molecule has 2 heteroatoms. The lowest BCUT2D eigenvalue weighted by Gasteiger charge is -2.28. The number of benzene rings is 3. The molecule has 1 unspecified atom stereocenters. The maximum atomic E-state index is 2.45. The van der Waals surface area contributed by atoms with Gasteiger partial charge in [-0.1, -0.05) is 105 Å². The molecule has 0 aliphatic heterocycles. The molecule has 0 aliphatic carbocycles. The van der Waals surface area contributed by atoms with Crippen LogP contribution in [-0.4, -0.2) is 5.25 Å². The topological polar surface area (TPSA) is 0 Å². The molecular formula is C25H26S2. The lowest BCUT2D eigenvalue weighted by molar-refractivity contribution is 0.433. The Kier molecular flexibility index (Phi) is 6.87. The molecule has 0 aliphatic rings. The van der Waals surface area contributed by atoms with E-state index in [0.29, 0.717) is 5.25 Å². The van der Waals surface area contributed by atoms with Crippen molar-refractivity contribution in [3.8, 4) is 0 Å². The Balaban J connectivity index is 1.97. The third-order valence-electron chi connectivity index (χ3n) is 4.19. The van der Waals surface area contributed by atoms with Crippen molar-refractivity contribution in [1.29, 1.82) is 0 Å². The van der Waals surface area contributed by atoms with Gasteiger partial charge in [0.1, 0.15) is 0 Å². The molecule has 27 heavy (non-hydrogen) atoms. The molecule has 138 valence electrons. The average molecular weight is 391 g/mol. The predicted molar refractivity (Wildman–Crippen MR) is 122 cm³/mol. The zero-order valence-corrected chi connectivity index (χ0v) is 17.8. The van der Waals surface area contributed by atoms with E-state index >= 15 is 0 Å². The average Bonchev–Trinajstić information content (AvgIpc) is 2.68. The van der Waals surface area contributed by atoms with Gasteiger partial charge < -0.3 is 0 Å². The minimum atomic E-state index is 0.151. The first-order chi connectivity index (χ1) is 13.0. The normalized spacial score (nSPS) is 13.4. The summed E-state index contributed by atoms with van der Waals surface area (Å²) in [4.78, 5) is 3.89. The van der Waals surface area contributed by atoms with Crippen molar-refractivity contribution in [3.63, 3.8) is 0 Å². The van der Waals surface area contributed by atoms with Crippen LogP contribution >= 0.6 is 23.5 Å². The standard InChI is InChI=1S/C25H26S2/c1-25(2,3)24(27-22-17-11-6-12-18-22)19-23(20-13-7-4-8-14-20)26-21-15-9-5-10-16-21/h4-19,24H,1-3H3/b23-19+.